The number of ether oxygens (including phenoxy) is 3. The van der Waals surface area contributed by atoms with Crippen LogP contribution >= 0.6 is 0 Å². The molecule has 2 aromatic rings. The molecule has 0 bridgehead atoms. The fourth-order valence-corrected chi connectivity index (χ4v) is 5.01. The van der Waals surface area contributed by atoms with E-state index in [4.69, 9.17) is 14.2 Å². The fourth-order valence-electron chi connectivity index (χ4n) is 5.01. The van der Waals surface area contributed by atoms with Crippen LogP contribution in [0.15, 0.2) is 48.0 Å². The summed E-state index contributed by atoms with van der Waals surface area (Å²) in [6.07, 6.45) is 2.72. The largest absolute Gasteiger partial charge is 0.507 e. The lowest BCUT2D eigenvalue weighted by atomic mass is 9.94. The summed E-state index contributed by atoms with van der Waals surface area (Å²) in [5.41, 5.74) is 2.15. The summed E-state index contributed by atoms with van der Waals surface area (Å²) in [6, 6.07) is 12.0. The standard InChI is InChI=1S/C30H38N2O6/c1-4-5-17-38-24-10-7-22(8-11-24)27-26(28(33)23-9-12-25(36-3)21(2)20-23)29(34)30(35)32(27)14-6-13-31-15-18-37-19-16-31/h7-12,20,27,33H,4-6,13-19H2,1-3H3/b28-26+. The van der Waals surface area contributed by atoms with Gasteiger partial charge in [-0.2, -0.15) is 0 Å². The Hall–Kier alpha value is -3.36. The maximum absolute atomic E-state index is 13.3. The van der Waals surface area contributed by atoms with Crippen LogP contribution in [0, 0.1) is 6.92 Å². The van der Waals surface area contributed by atoms with Gasteiger partial charge in [0.2, 0.25) is 0 Å². The second-order valence-electron chi connectivity index (χ2n) is 9.76. The Morgan fingerprint density at radius 1 is 1.05 bits per heavy atom. The van der Waals surface area contributed by atoms with Crippen LogP contribution in [0.25, 0.3) is 5.76 Å². The van der Waals surface area contributed by atoms with Gasteiger partial charge in [-0.1, -0.05) is 25.5 Å². The minimum atomic E-state index is -0.688. The van der Waals surface area contributed by atoms with E-state index in [1.54, 1.807) is 30.2 Å². The summed E-state index contributed by atoms with van der Waals surface area (Å²) >= 11 is 0. The predicted molar refractivity (Wildman–Crippen MR) is 145 cm³/mol. The lowest BCUT2D eigenvalue weighted by molar-refractivity contribution is -0.140. The van der Waals surface area contributed by atoms with Gasteiger partial charge < -0.3 is 24.2 Å². The molecule has 1 unspecified atom stereocenters. The van der Waals surface area contributed by atoms with Crippen molar-refractivity contribution in [2.24, 2.45) is 0 Å². The number of hydrogen-bond acceptors (Lipinski definition) is 7. The number of unbranched alkanes of at least 4 members (excludes halogenated alkanes) is 1. The number of aliphatic hydroxyl groups is 1. The van der Waals surface area contributed by atoms with Gasteiger partial charge in [0.15, 0.2) is 0 Å². The van der Waals surface area contributed by atoms with Gasteiger partial charge >= 0.3 is 0 Å². The summed E-state index contributed by atoms with van der Waals surface area (Å²) in [6.45, 7) is 8.95. The summed E-state index contributed by atoms with van der Waals surface area (Å²) in [5, 5.41) is 11.4. The number of hydrogen-bond donors (Lipinski definition) is 1. The minimum absolute atomic E-state index is 0.102. The van der Waals surface area contributed by atoms with Crippen molar-refractivity contribution in [3.8, 4) is 11.5 Å². The number of methoxy groups -OCH3 is 1. The molecule has 8 nitrogen and oxygen atoms in total. The lowest BCUT2D eigenvalue weighted by Gasteiger charge is -2.29. The van der Waals surface area contributed by atoms with Crippen molar-refractivity contribution in [1.82, 2.24) is 9.80 Å². The van der Waals surface area contributed by atoms with Crippen LogP contribution in [0.3, 0.4) is 0 Å². The van der Waals surface area contributed by atoms with Gasteiger partial charge in [0.05, 0.1) is 38.5 Å². The van der Waals surface area contributed by atoms with E-state index in [1.807, 2.05) is 31.2 Å². The highest BCUT2D eigenvalue weighted by Crippen LogP contribution is 2.40. The molecule has 4 rings (SSSR count). The van der Waals surface area contributed by atoms with Crippen molar-refractivity contribution < 1.29 is 28.9 Å². The number of rotatable bonds is 11. The lowest BCUT2D eigenvalue weighted by Crippen LogP contribution is -2.38. The molecule has 0 aromatic heterocycles. The number of aliphatic hydroxyl groups excluding tert-OH is 1. The van der Waals surface area contributed by atoms with Crippen LogP contribution in [-0.2, 0) is 14.3 Å². The van der Waals surface area contributed by atoms with Crippen molar-refractivity contribution in [3.63, 3.8) is 0 Å². The Morgan fingerprint density at radius 3 is 2.45 bits per heavy atom. The topological polar surface area (TPSA) is 88.5 Å². The van der Waals surface area contributed by atoms with Crippen LogP contribution in [0.5, 0.6) is 11.5 Å². The number of benzene rings is 2. The molecular weight excluding hydrogens is 484 g/mol. The quantitative estimate of drug-likeness (QED) is 0.203. The van der Waals surface area contributed by atoms with E-state index >= 15 is 0 Å². The molecule has 2 aliphatic heterocycles. The Kier molecular flexibility index (Phi) is 9.42. The van der Waals surface area contributed by atoms with Gasteiger partial charge in [-0.05, 0) is 61.2 Å². The number of Topliss-reactive ketones (excluding diaryl/α,β-unsaturated/α-hetero) is 1. The molecule has 2 aliphatic rings. The van der Waals surface area contributed by atoms with Gasteiger partial charge in [-0.15, -0.1) is 0 Å². The smallest absolute Gasteiger partial charge is 0.295 e. The average Bonchev–Trinajstić information content (AvgIpc) is 3.19. The number of aryl methyl sites for hydroxylation is 1. The molecule has 1 atom stereocenters. The van der Waals surface area contributed by atoms with E-state index in [2.05, 4.69) is 11.8 Å². The van der Waals surface area contributed by atoms with E-state index < -0.39 is 17.7 Å². The van der Waals surface area contributed by atoms with Crippen LogP contribution in [-0.4, -0.2) is 79.7 Å². The van der Waals surface area contributed by atoms with Crippen molar-refractivity contribution >= 4 is 17.4 Å². The maximum Gasteiger partial charge on any atom is 0.295 e. The Morgan fingerprint density at radius 2 is 1.79 bits per heavy atom. The van der Waals surface area contributed by atoms with Crippen molar-refractivity contribution in [2.45, 2.75) is 39.2 Å². The molecular formula is C30H38N2O6. The third-order valence-electron chi connectivity index (χ3n) is 7.15. The maximum atomic E-state index is 13.3. The van der Waals surface area contributed by atoms with Crippen molar-refractivity contribution in [3.05, 3.63) is 64.7 Å². The van der Waals surface area contributed by atoms with E-state index in [0.29, 0.717) is 44.1 Å². The van der Waals surface area contributed by atoms with Gasteiger partial charge in [-0.25, -0.2) is 0 Å². The number of carbonyl (C=O) groups is 2. The number of carbonyl (C=O) groups excluding carboxylic acids is 2. The molecule has 2 heterocycles. The fraction of sp³-hybridized carbons (Fsp3) is 0.467. The number of amides is 1. The first-order chi connectivity index (χ1) is 18.4. The van der Waals surface area contributed by atoms with Gasteiger partial charge in [-0.3, -0.25) is 14.5 Å². The average molecular weight is 523 g/mol. The molecule has 1 N–H and O–H groups in total. The van der Waals surface area contributed by atoms with E-state index in [1.165, 1.54) is 0 Å². The monoisotopic (exact) mass is 522 g/mol. The first kappa shape index (κ1) is 27.7. The van der Waals surface area contributed by atoms with Crippen molar-refractivity contribution in [2.75, 3.05) is 53.1 Å². The third kappa shape index (κ3) is 6.19. The number of ketones is 1. The SMILES string of the molecule is CCCCOc1ccc(C2/C(=C(\O)c3ccc(OC)c(C)c3)C(=O)C(=O)N2CCCN2CCOCC2)cc1. The molecule has 8 heteroatoms. The zero-order valence-electron chi connectivity index (χ0n) is 22.6. The first-order valence-corrected chi connectivity index (χ1v) is 13.4. The Bertz CT molecular complexity index is 1150. The predicted octanol–water partition coefficient (Wildman–Crippen LogP) is 4.33. The van der Waals surface area contributed by atoms with E-state index in [9.17, 15) is 14.7 Å². The zero-order chi connectivity index (χ0) is 27.1. The summed E-state index contributed by atoms with van der Waals surface area (Å²) in [7, 11) is 1.58. The molecule has 204 valence electrons. The van der Waals surface area contributed by atoms with Crippen LogP contribution in [0.2, 0.25) is 0 Å². The van der Waals surface area contributed by atoms with Crippen LogP contribution in [0.1, 0.15) is 48.9 Å². The van der Waals surface area contributed by atoms with E-state index in [0.717, 1.165) is 49.4 Å². The van der Waals surface area contributed by atoms with Gasteiger partial charge in [0, 0.05) is 31.7 Å². The third-order valence-corrected chi connectivity index (χ3v) is 7.15. The molecule has 2 saturated heterocycles. The second kappa shape index (κ2) is 12.9. The number of nitrogens with zero attached hydrogens (tertiary/aromatic N) is 2. The zero-order valence-corrected chi connectivity index (χ0v) is 22.6. The van der Waals surface area contributed by atoms with E-state index in [-0.39, 0.29) is 11.3 Å². The van der Waals surface area contributed by atoms with Crippen LogP contribution in [0.4, 0.5) is 0 Å². The summed E-state index contributed by atoms with van der Waals surface area (Å²) in [5.74, 6) is -0.0294. The molecule has 0 radical (unpaired) electrons. The Labute approximate surface area is 224 Å². The van der Waals surface area contributed by atoms with Crippen molar-refractivity contribution in [1.29, 1.82) is 0 Å². The molecule has 0 saturated carbocycles. The highest BCUT2D eigenvalue weighted by Gasteiger charge is 2.45. The number of likely N-dealkylation sites (tertiary alicyclic amines) is 1. The normalized spacial score (nSPS) is 19.7. The minimum Gasteiger partial charge on any atom is -0.507 e. The van der Waals surface area contributed by atoms with Gasteiger partial charge in [0.25, 0.3) is 11.7 Å². The summed E-state index contributed by atoms with van der Waals surface area (Å²) < 4.78 is 16.6. The molecule has 2 fully saturated rings. The highest BCUT2D eigenvalue weighted by molar-refractivity contribution is 6.46. The summed E-state index contributed by atoms with van der Waals surface area (Å²) in [4.78, 5) is 30.5. The molecule has 38 heavy (non-hydrogen) atoms. The molecule has 0 spiro atoms. The van der Waals surface area contributed by atoms with Crippen LogP contribution < -0.4 is 9.47 Å². The first-order valence-electron chi connectivity index (χ1n) is 13.4. The molecule has 0 aliphatic carbocycles. The number of morpholine rings is 1. The second-order valence-corrected chi connectivity index (χ2v) is 9.76. The molecule has 2 aromatic carbocycles. The van der Waals surface area contributed by atoms with Gasteiger partial charge in [0.1, 0.15) is 17.3 Å². The molecule has 1 amide bonds. The Balaban J connectivity index is 1.65. The highest BCUT2D eigenvalue weighted by atomic mass is 16.5.